The van der Waals surface area contributed by atoms with E-state index in [4.69, 9.17) is 20.0 Å². The van der Waals surface area contributed by atoms with Gasteiger partial charge in [0.25, 0.3) is 0 Å². The Hall–Kier alpha value is -2.72. The van der Waals surface area contributed by atoms with Gasteiger partial charge in [0.2, 0.25) is 5.91 Å². The number of nitrogens with zero attached hydrogens (tertiary/aromatic N) is 4. The Morgan fingerprint density at radius 3 is 2.48 bits per heavy atom. The number of carbonyl (C=O) groups is 1. The molecule has 1 aliphatic rings. The molecule has 1 saturated heterocycles. The van der Waals surface area contributed by atoms with Crippen molar-refractivity contribution in [3.63, 3.8) is 0 Å². The van der Waals surface area contributed by atoms with Crippen LogP contribution in [0.25, 0.3) is 0 Å². The highest BCUT2D eigenvalue weighted by Crippen LogP contribution is 2.41. The van der Waals surface area contributed by atoms with Gasteiger partial charge in [-0.25, -0.2) is 4.98 Å². The van der Waals surface area contributed by atoms with Crippen molar-refractivity contribution in [3.8, 4) is 12.1 Å². The summed E-state index contributed by atoms with van der Waals surface area (Å²) in [5.74, 6) is -0.195. The maximum absolute atomic E-state index is 12.2. The standard InChI is InChI=1S/C20H20N5O4PS/c1-2-14-15(8-21)19(25-10-13(11-25)29-30(27)28)24-20(16(14)9-22)31-17(18(23)26)12-6-4-3-5-7-12/h3-7,13,17,27-28H,2,10-11H2,1H3,(H2,23,26). The van der Waals surface area contributed by atoms with Crippen LogP contribution in [0.1, 0.15) is 34.4 Å². The number of rotatable bonds is 8. The fraction of sp³-hybridized carbons (Fsp3) is 0.300. The molecule has 31 heavy (non-hydrogen) atoms. The predicted octanol–water partition coefficient (Wildman–Crippen LogP) is 2.12. The molecule has 2 heterocycles. The number of nitriles is 2. The van der Waals surface area contributed by atoms with Crippen LogP contribution in [-0.4, -0.2) is 39.9 Å². The fourth-order valence-corrected chi connectivity index (χ4v) is 4.80. The second-order valence-corrected chi connectivity index (χ2v) is 8.55. The molecule has 4 N–H and O–H groups in total. The van der Waals surface area contributed by atoms with Crippen molar-refractivity contribution in [2.75, 3.05) is 18.0 Å². The van der Waals surface area contributed by atoms with Crippen molar-refractivity contribution >= 4 is 32.1 Å². The van der Waals surface area contributed by atoms with Crippen LogP contribution in [-0.2, 0) is 15.7 Å². The van der Waals surface area contributed by atoms with E-state index in [1.165, 1.54) is 0 Å². The third kappa shape index (κ3) is 4.96. The smallest absolute Gasteiger partial charge is 0.327 e. The number of hydrogen-bond acceptors (Lipinski definition) is 9. The highest BCUT2D eigenvalue weighted by molar-refractivity contribution is 8.00. The SMILES string of the molecule is CCc1c(C#N)c(SC(C(N)=O)c2ccccc2)nc(N2CC(OP(O)O)C2)c1C#N. The summed E-state index contributed by atoms with van der Waals surface area (Å²) in [6.07, 6.45) is 0.0299. The first-order valence-electron chi connectivity index (χ1n) is 9.37. The lowest BCUT2D eigenvalue weighted by Gasteiger charge is -2.40. The van der Waals surface area contributed by atoms with Crippen molar-refractivity contribution < 1.29 is 19.1 Å². The topological polar surface area (TPSA) is 156 Å². The number of hydrogen-bond donors (Lipinski definition) is 3. The van der Waals surface area contributed by atoms with Crippen LogP contribution in [0, 0.1) is 22.7 Å². The van der Waals surface area contributed by atoms with Crippen molar-refractivity contribution in [3.05, 3.63) is 52.6 Å². The predicted molar refractivity (Wildman–Crippen MR) is 116 cm³/mol. The Kier molecular flexibility index (Phi) is 7.45. The maximum atomic E-state index is 12.2. The first-order chi connectivity index (χ1) is 14.9. The second kappa shape index (κ2) is 10.1. The number of nitrogens with two attached hydrogens (primary N) is 1. The normalized spacial score (nSPS) is 14.6. The molecule has 3 rings (SSSR count). The molecule has 0 aliphatic carbocycles. The zero-order valence-electron chi connectivity index (χ0n) is 16.6. The molecule has 1 fully saturated rings. The van der Waals surface area contributed by atoms with Crippen molar-refractivity contribution in [2.45, 2.75) is 29.7 Å². The Balaban J connectivity index is 2.03. The highest BCUT2D eigenvalue weighted by Gasteiger charge is 2.34. The summed E-state index contributed by atoms with van der Waals surface area (Å²) in [6.45, 7) is 2.47. The van der Waals surface area contributed by atoms with Crippen LogP contribution in [0.2, 0.25) is 0 Å². The molecule has 9 nitrogen and oxygen atoms in total. The van der Waals surface area contributed by atoms with Crippen molar-refractivity contribution in [1.29, 1.82) is 10.5 Å². The number of amides is 1. The van der Waals surface area contributed by atoms with Gasteiger partial charge in [-0.3, -0.25) is 4.79 Å². The van der Waals surface area contributed by atoms with Gasteiger partial charge in [0.15, 0.2) is 0 Å². The van der Waals surface area contributed by atoms with Gasteiger partial charge in [-0.15, -0.1) is 0 Å². The molecule has 1 amide bonds. The number of carbonyl (C=O) groups excluding carboxylic acids is 1. The van der Waals surface area contributed by atoms with E-state index in [1.807, 2.05) is 13.0 Å². The zero-order valence-corrected chi connectivity index (χ0v) is 18.3. The van der Waals surface area contributed by atoms with E-state index in [0.29, 0.717) is 41.5 Å². The van der Waals surface area contributed by atoms with E-state index in [2.05, 4.69) is 17.1 Å². The number of aromatic nitrogens is 1. The molecule has 0 spiro atoms. The monoisotopic (exact) mass is 457 g/mol. The largest absolute Gasteiger partial charge is 0.368 e. The molecule has 1 unspecified atom stereocenters. The molecule has 0 radical (unpaired) electrons. The van der Waals surface area contributed by atoms with Gasteiger partial charge in [0.05, 0.1) is 11.1 Å². The van der Waals surface area contributed by atoms with Crippen molar-refractivity contribution in [1.82, 2.24) is 4.98 Å². The van der Waals surface area contributed by atoms with Gasteiger partial charge in [0.1, 0.15) is 34.3 Å². The van der Waals surface area contributed by atoms with Crippen LogP contribution >= 0.6 is 20.4 Å². The van der Waals surface area contributed by atoms with E-state index in [0.717, 1.165) is 11.8 Å². The minimum absolute atomic E-state index is 0.248. The van der Waals surface area contributed by atoms with E-state index >= 15 is 0 Å². The highest BCUT2D eigenvalue weighted by atomic mass is 32.2. The average Bonchev–Trinajstić information content (AvgIpc) is 2.73. The molecule has 1 aromatic heterocycles. The molecule has 11 heteroatoms. The molecule has 0 bridgehead atoms. The Bertz CT molecular complexity index is 1050. The molecule has 0 saturated carbocycles. The lowest BCUT2D eigenvalue weighted by Crippen LogP contribution is -2.52. The molecular weight excluding hydrogens is 437 g/mol. The summed E-state index contributed by atoms with van der Waals surface area (Å²) >= 11 is 1.08. The van der Waals surface area contributed by atoms with E-state index in [9.17, 15) is 15.3 Å². The lowest BCUT2D eigenvalue weighted by molar-refractivity contribution is -0.117. The van der Waals surface area contributed by atoms with E-state index in [1.54, 1.807) is 29.2 Å². The zero-order chi connectivity index (χ0) is 22.5. The number of anilines is 1. The number of thioether (sulfide) groups is 1. The molecule has 1 aliphatic heterocycles. The number of pyridine rings is 1. The van der Waals surface area contributed by atoms with Gasteiger partial charge >= 0.3 is 8.60 Å². The summed E-state index contributed by atoms with van der Waals surface area (Å²) in [5.41, 5.74) is 7.40. The average molecular weight is 457 g/mol. The van der Waals surface area contributed by atoms with E-state index in [-0.39, 0.29) is 11.1 Å². The third-order valence-corrected chi connectivity index (χ3v) is 6.55. The van der Waals surface area contributed by atoms with Crippen LogP contribution in [0.4, 0.5) is 5.82 Å². The Morgan fingerprint density at radius 2 is 1.97 bits per heavy atom. The quantitative estimate of drug-likeness (QED) is 0.399. The lowest BCUT2D eigenvalue weighted by atomic mass is 10.0. The molecule has 1 aromatic carbocycles. The summed E-state index contributed by atoms with van der Waals surface area (Å²) in [4.78, 5) is 36.6. The Labute approximate surface area is 185 Å². The van der Waals surface area contributed by atoms with Gasteiger partial charge in [-0.05, 0) is 17.5 Å². The van der Waals surface area contributed by atoms with E-state index < -0.39 is 25.9 Å². The fourth-order valence-electron chi connectivity index (χ4n) is 3.34. The minimum atomic E-state index is -2.47. The van der Waals surface area contributed by atoms with Crippen LogP contribution < -0.4 is 10.6 Å². The van der Waals surface area contributed by atoms with Gasteiger partial charge in [-0.2, -0.15) is 10.5 Å². The minimum Gasteiger partial charge on any atom is -0.368 e. The molecule has 160 valence electrons. The molecule has 2 aromatic rings. The summed E-state index contributed by atoms with van der Waals surface area (Å²) < 4.78 is 5.00. The first-order valence-corrected chi connectivity index (χ1v) is 11.4. The van der Waals surface area contributed by atoms with Gasteiger partial charge in [-0.1, -0.05) is 49.0 Å². The Morgan fingerprint density at radius 1 is 1.32 bits per heavy atom. The molecule has 1 atom stereocenters. The van der Waals surface area contributed by atoms with Crippen LogP contribution in [0.3, 0.4) is 0 Å². The van der Waals surface area contributed by atoms with Crippen LogP contribution in [0.15, 0.2) is 35.4 Å². The van der Waals surface area contributed by atoms with Crippen LogP contribution in [0.5, 0.6) is 0 Å². The number of benzene rings is 1. The van der Waals surface area contributed by atoms with Crippen molar-refractivity contribution in [2.24, 2.45) is 5.73 Å². The first kappa shape index (κ1) is 23.0. The third-order valence-electron chi connectivity index (χ3n) is 4.81. The summed E-state index contributed by atoms with van der Waals surface area (Å²) in [5, 5.41) is 19.1. The summed E-state index contributed by atoms with van der Waals surface area (Å²) in [7, 11) is -2.47. The number of primary amides is 1. The van der Waals surface area contributed by atoms with Gasteiger partial charge < -0.3 is 24.9 Å². The summed E-state index contributed by atoms with van der Waals surface area (Å²) in [6, 6.07) is 13.2. The molecular formula is C20H20N5O4PS. The van der Waals surface area contributed by atoms with Gasteiger partial charge in [0, 0.05) is 13.1 Å². The maximum Gasteiger partial charge on any atom is 0.327 e. The second-order valence-electron chi connectivity index (χ2n) is 6.74.